The van der Waals surface area contributed by atoms with Gasteiger partial charge in [0.05, 0.1) is 43.7 Å². The normalized spacial score (nSPS) is 30.5. The maximum absolute atomic E-state index is 12.1. The third kappa shape index (κ3) is 10.6. The van der Waals surface area contributed by atoms with Gasteiger partial charge in [-0.3, -0.25) is 4.79 Å². The summed E-state index contributed by atoms with van der Waals surface area (Å²) in [5.41, 5.74) is 0.708. The van der Waals surface area contributed by atoms with E-state index in [0.717, 1.165) is 32.1 Å². The topological polar surface area (TPSA) is 146 Å². The van der Waals surface area contributed by atoms with E-state index in [2.05, 4.69) is 0 Å². The average Bonchev–Trinajstić information content (AvgIpc) is 3.55. The zero-order valence-corrected chi connectivity index (χ0v) is 21.3. The first-order valence-electron chi connectivity index (χ1n) is 13.0. The van der Waals surface area contributed by atoms with E-state index in [0.29, 0.717) is 38.0 Å². The predicted octanol–water partition coefficient (Wildman–Crippen LogP) is 2.59. The molecule has 0 aromatic rings. The van der Waals surface area contributed by atoms with Crippen molar-refractivity contribution in [3.63, 3.8) is 0 Å². The van der Waals surface area contributed by atoms with E-state index in [1.54, 1.807) is 13.8 Å². The molecule has 202 valence electrons. The van der Waals surface area contributed by atoms with Crippen molar-refractivity contribution in [1.29, 1.82) is 0 Å². The molecule has 2 heterocycles. The minimum atomic E-state index is -1.06. The number of unbranched alkanes of at least 4 members (excludes halogenated alkanes) is 5. The van der Waals surface area contributed by atoms with Crippen LogP contribution in [0.5, 0.6) is 0 Å². The maximum Gasteiger partial charge on any atom is 0.330 e. The van der Waals surface area contributed by atoms with Crippen LogP contribution in [0.25, 0.3) is 0 Å². The van der Waals surface area contributed by atoms with E-state index < -0.39 is 36.4 Å². The van der Waals surface area contributed by atoms with Gasteiger partial charge in [0.25, 0.3) is 0 Å². The Morgan fingerprint density at radius 2 is 1.69 bits per heavy atom. The average molecular weight is 501 g/mol. The summed E-state index contributed by atoms with van der Waals surface area (Å²) in [5.74, 6) is -1.42. The van der Waals surface area contributed by atoms with E-state index in [1.807, 2.05) is 6.92 Å². The fourth-order valence-electron chi connectivity index (χ4n) is 4.59. The molecule has 2 aliphatic rings. The first-order valence-corrected chi connectivity index (χ1v) is 13.0. The van der Waals surface area contributed by atoms with Crippen molar-refractivity contribution < 1.29 is 44.2 Å². The van der Waals surface area contributed by atoms with Crippen molar-refractivity contribution in [1.82, 2.24) is 0 Å². The van der Waals surface area contributed by atoms with E-state index in [9.17, 15) is 24.9 Å². The molecule has 0 radical (unpaired) electrons. The van der Waals surface area contributed by atoms with Crippen molar-refractivity contribution >= 4 is 11.9 Å². The Morgan fingerprint density at radius 3 is 2.34 bits per heavy atom. The van der Waals surface area contributed by atoms with Crippen LogP contribution in [0.15, 0.2) is 11.6 Å². The van der Waals surface area contributed by atoms with Gasteiger partial charge in [0, 0.05) is 24.3 Å². The monoisotopic (exact) mass is 500 g/mol. The van der Waals surface area contributed by atoms with Gasteiger partial charge in [0.15, 0.2) is 0 Å². The lowest BCUT2D eigenvalue weighted by molar-refractivity contribution is -0.165. The van der Waals surface area contributed by atoms with Crippen molar-refractivity contribution in [2.24, 2.45) is 11.8 Å². The summed E-state index contributed by atoms with van der Waals surface area (Å²) in [5, 5.41) is 39.5. The molecule has 0 bridgehead atoms. The fourth-order valence-corrected chi connectivity index (χ4v) is 4.59. The van der Waals surface area contributed by atoms with Crippen molar-refractivity contribution in [2.75, 3.05) is 13.2 Å². The van der Waals surface area contributed by atoms with E-state index in [1.165, 1.54) is 6.08 Å². The molecule has 2 fully saturated rings. The highest BCUT2D eigenvalue weighted by Gasteiger charge is 2.48. The number of rotatable bonds is 16. The van der Waals surface area contributed by atoms with E-state index in [4.69, 9.17) is 19.3 Å². The number of carbonyl (C=O) groups is 2. The fraction of sp³-hybridized carbons (Fsp3) is 0.846. The zero-order chi connectivity index (χ0) is 26.0. The number of carbonyl (C=O) groups excluding carboxylic acids is 1. The van der Waals surface area contributed by atoms with Crippen LogP contribution >= 0.6 is 0 Å². The van der Waals surface area contributed by atoms with Crippen LogP contribution in [0.4, 0.5) is 0 Å². The number of carboxylic acids is 1. The summed E-state index contributed by atoms with van der Waals surface area (Å²) in [6, 6.07) is 0. The third-order valence-corrected chi connectivity index (χ3v) is 7.09. The second-order valence-electron chi connectivity index (χ2n) is 10.2. The van der Waals surface area contributed by atoms with Crippen LogP contribution in [0.1, 0.15) is 78.6 Å². The second-order valence-corrected chi connectivity index (χ2v) is 10.2. The van der Waals surface area contributed by atoms with Crippen LogP contribution in [-0.2, 0) is 23.8 Å². The smallest absolute Gasteiger partial charge is 0.330 e. The number of epoxide rings is 1. The standard InChI is InChI=1S/C26H44O9/c1-16(13-23(30)33-11-9-7-5-4-6-8-10-22(28)29)12-20-25(32)24(31)19(15-34-20)14-21-26(35-21)17(2)18(3)27/h13,17-21,24-27,31-32H,4-12,14-15H2,1-3H3,(H,28,29)/b16-13+/t17?,18-,19-,20-,21-,24-,25+,26-/m0/s1. The Hall–Kier alpha value is -1.52. The molecule has 1 unspecified atom stereocenters. The van der Waals surface area contributed by atoms with Gasteiger partial charge in [-0.05, 0) is 39.5 Å². The van der Waals surface area contributed by atoms with Gasteiger partial charge in [0.1, 0.15) is 6.10 Å². The van der Waals surface area contributed by atoms with Gasteiger partial charge in [0.2, 0.25) is 0 Å². The van der Waals surface area contributed by atoms with Crippen LogP contribution in [0.2, 0.25) is 0 Å². The molecule has 0 saturated carbocycles. The molecule has 9 nitrogen and oxygen atoms in total. The van der Waals surface area contributed by atoms with Crippen LogP contribution < -0.4 is 0 Å². The number of ether oxygens (including phenoxy) is 3. The highest BCUT2D eigenvalue weighted by molar-refractivity contribution is 5.82. The number of aliphatic hydroxyl groups excluding tert-OH is 3. The van der Waals surface area contributed by atoms with Gasteiger partial charge in [-0.2, -0.15) is 0 Å². The molecule has 2 rings (SSSR count). The van der Waals surface area contributed by atoms with Gasteiger partial charge >= 0.3 is 11.9 Å². The van der Waals surface area contributed by atoms with Gasteiger partial charge < -0.3 is 34.6 Å². The summed E-state index contributed by atoms with van der Waals surface area (Å²) >= 11 is 0. The SMILES string of the molecule is C/C(=C\C(=O)OCCCCCCCCC(=O)O)C[C@@H]1OC[C@H](C[C@@H]2O[C@H]2C(C)[C@H](C)O)[C@H](O)[C@@H]1O. The Balaban J connectivity index is 1.62. The quantitative estimate of drug-likeness (QED) is 0.109. The Bertz CT molecular complexity index is 692. The Kier molecular flexibility index (Phi) is 12.6. The molecule has 0 aliphatic carbocycles. The van der Waals surface area contributed by atoms with Crippen molar-refractivity contribution in [3.8, 4) is 0 Å². The molecule has 0 spiro atoms. The molecule has 4 N–H and O–H groups in total. The third-order valence-electron chi connectivity index (χ3n) is 7.09. The zero-order valence-electron chi connectivity index (χ0n) is 21.3. The molecule has 2 aliphatic heterocycles. The molecular weight excluding hydrogens is 456 g/mol. The van der Waals surface area contributed by atoms with Gasteiger partial charge in [-0.1, -0.05) is 38.2 Å². The summed E-state index contributed by atoms with van der Waals surface area (Å²) in [6.45, 7) is 6.07. The molecule has 9 heteroatoms. The highest BCUT2D eigenvalue weighted by atomic mass is 16.6. The number of hydrogen-bond acceptors (Lipinski definition) is 8. The first kappa shape index (κ1) is 29.7. The lowest BCUT2D eigenvalue weighted by Crippen LogP contribution is -2.50. The minimum absolute atomic E-state index is 0.0160. The molecule has 35 heavy (non-hydrogen) atoms. The largest absolute Gasteiger partial charge is 0.481 e. The molecular formula is C26H44O9. The number of aliphatic carboxylic acids is 1. The predicted molar refractivity (Wildman–Crippen MR) is 129 cm³/mol. The Morgan fingerprint density at radius 1 is 1.03 bits per heavy atom. The van der Waals surface area contributed by atoms with Gasteiger partial charge in [-0.15, -0.1) is 0 Å². The van der Waals surface area contributed by atoms with Crippen molar-refractivity contribution in [3.05, 3.63) is 11.6 Å². The lowest BCUT2D eigenvalue weighted by Gasteiger charge is -2.38. The molecule has 0 aromatic carbocycles. The number of aliphatic hydroxyl groups is 3. The van der Waals surface area contributed by atoms with E-state index in [-0.39, 0.29) is 30.5 Å². The second kappa shape index (κ2) is 14.9. The Labute approximate surface area is 208 Å². The summed E-state index contributed by atoms with van der Waals surface area (Å²) in [4.78, 5) is 22.5. The summed E-state index contributed by atoms with van der Waals surface area (Å²) in [7, 11) is 0. The number of esters is 1. The van der Waals surface area contributed by atoms with Crippen molar-refractivity contribution in [2.45, 2.75) is 115 Å². The number of hydrogen-bond donors (Lipinski definition) is 4. The molecule has 8 atom stereocenters. The van der Waals surface area contributed by atoms with Gasteiger partial charge in [-0.25, -0.2) is 4.79 Å². The molecule has 0 amide bonds. The summed E-state index contributed by atoms with van der Waals surface area (Å²) in [6.07, 6.45) is 4.61. The van der Waals surface area contributed by atoms with Crippen LogP contribution in [-0.4, -0.2) is 82.2 Å². The maximum atomic E-state index is 12.1. The molecule has 2 saturated heterocycles. The molecule has 0 aromatic heterocycles. The number of carboxylic acid groups (broad SMARTS) is 1. The van der Waals surface area contributed by atoms with Crippen LogP contribution in [0.3, 0.4) is 0 Å². The highest BCUT2D eigenvalue weighted by Crippen LogP contribution is 2.38. The van der Waals surface area contributed by atoms with E-state index >= 15 is 0 Å². The summed E-state index contributed by atoms with van der Waals surface area (Å²) < 4.78 is 16.7. The van der Waals surface area contributed by atoms with Crippen LogP contribution in [0, 0.1) is 11.8 Å². The lowest BCUT2D eigenvalue weighted by atomic mass is 9.85. The first-order chi connectivity index (χ1) is 16.6. The minimum Gasteiger partial charge on any atom is -0.481 e.